The Morgan fingerprint density at radius 3 is 2.45 bits per heavy atom. The van der Waals surface area contributed by atoms with Crippen molar-refractivity contribution in [1.29, 1.82) is 0 Å². The molecule has 0 bridgehead atoms. The molecule has 1 saturated heterocycles. The van der Waals surface area contributed by atoms with Crippen LogP contribution in [0.5, 0.6) is 0 Å². The van der Waals surface area contributed by atoms with Gasteiger partial charge in [-0.05, 0) is 36.2 Å². The van der Waals surface area contributed by atoms with Crippen LogP contribution in [-0.2, 0) is 4.79 Å². The first-order valence-corrected chi connectivity index (χ1v) is 7.24. The molecule has 0 aromatic heterocycles. The summed E-state index contributed by atoms with van der Waals surface area (Å²) in [5.41, 5.74) is 7.97. The van der Waals surface area contributed by atoms with Gasteiger partial charge in [0.2, 0.25) is 5.91 Å². The minimum atomic E-state index is -0.305. The van der Waals surface area contributed by atoms with Gasteiger partial charge in [-0.15, -0.1) is 0 Å². The van der Waals surface area contributed by atoms with Crippen LogP contribution in [0.25, 0.3) is 0 Å². The van der Waals surface area contributed by atoms with Crippen molar-refractivity contribution in [2.45, 2.75) is 18.5 Å². The molecule has 2 atom stereocenters. The lowest BCUT2D eigenvalue weighted by molar-refractivity contribution is -0.120. The van der Waals surface area contributed by atoms with Gasteiger partial charge in [-0.25, -0.2) is 15.2 Å². The monoisotopic (exact) mass is 299 g/mol. The van der Waals surface area contributed by atoms with Crippen LogP contribution in [0.2, 0.25) is 0 Å². The lowest BCUT2D eigenvalue weighted by Gasteiger charge is -2.20. The normalized spacial score (nSPS) is 20.8. The molecular weight excluding hydrogens is 281 g/mol. The molecule has 0 aliphatic carbocycles. The Bertz CT molecular complexity index is 645. The van der Waals surface area contributed by atoms with Gasteiger partial charge in [-0.3, -0.25) is 4.79 Å². The highest BCUT2D eigenvalue weighted by Gasteiger charge is 2.32. The third-order valence-corrected chi connectivity index (χ3v) is 3.95. The van der Waals surface area contributed by atoms with Crippen LogP contribution < -0.4 is 15.8 Å². The maximum absolute atomic E-state index is 13.0. The molecule has 0 radical (unpaired) electrons. The fourth-order valence-electron chi connectivity index (χ4n) is 2.64. The Hall–Kier alpha value is -2.24. The lowest BCUT2D eigenvalue weighted by Crippen LogP contribution is -2.44. The average Bonchev–Trinajstić information content (AvgIpc) is 3.05. The minimum absolute atomic E-state index is 0.00118. The van der Waals surface area contributed by atoms with E-state index in [4.69, 9.17) is 0 Å². The van der Waals surface area contributed by atoms with E-state index in [0.29, 0.717) is 6.42 Å². The number of carbonyl (C=O) groups is 1. The van der Waals surface area contributed by atoms with Gasteiger partial charge < -0.3 is 4.90 Å². The zero-order valence-electron chi connectivity index (χ0n) is 12.3. The van der Waals surface area contributed by atoms with Crippen LogP contribution in [0.3, 0.4) is 0 Å². The Kier molecular flexibility index (Phi) is 4.18. The number of amides is 1. The average molecular weight is 299 g/mol. The quantitative estimate of drug-likeness (QED) is 0.915. The van der Waals surface area contributed by atoms with E-state index < -0.39 is 0 Å². The molecule has 2 N–H and O–H groups in total. The third-order valence-electron chi connectivity index (χ3n) is 3.95. The van der Waals surface area contributed by atoms with Crippen molar-refractivity contribution in [3.05, 3.63) is 66.0 Å². The van der Waals surface area contributed by atoms with Gasteiger partial charge in [0.1, 0.15) is 11.9 Å². The van der Waals surface area contributed by atoms with Crippen molar-refractivity contribution in [1.82, 2.24) is 10.9 Å². The second-order valence-electron chi connectivity index (χ2n) is 5.41. The molecule has 22 heavy (non-hydrogen) atoms. The number of carbonyl (C=O) groups excluding carboxylic acids is 1. The Balaban J connectivity index is 1.67. The zero-order chi connectivity index (χ0) is 15.5. The van der Waals surface area contributed by atoms with Crippen LogP contribution >= 0.6 is 0 Å². The largest absolute Gasteiger partial charge is 0.314 e. The molecule has 4 nitrogen and oxygen atoms in total. The molecule has 2 unspecified atom stereocenters. The number of anilines is 1. The van der Waals surface area contributed by atoms with Crippen molar-refractivity contribution in [3.8, 4) is 0 Å². The Morgan fingerprint density at radius 1 is 1.09 bits per heavy atom. The van der Waals surface area contributed by atoms with Crippen LogP contribution in [0.15, 0.2) is 54.6 Å². The Morgan fingerprint density at radius 2 is 1.77 bits per heavy atom. The number of hydrogen-bond acceptors (Lipinski definition) is 3. The fraction of sp³-hybridized carbons (Fsp3) is 0.235. The summed E-state index contributed by atoms with van der Waals surface area (Å²) >= 11 is 0. The highest BCUT2D eigenvalue weighted by atomic mass is 19.1. The number of para-hydroxylation sites is 1. The second kappa shape index (κ2) is 6.25. The van der Waals surface area contributed by atoms with Gasteiger partial charge >= 0.3 is 0 Å². The third kappa shape index (κ3) is 3.00. The first-order valence-electron chi connectivity index (χ1n) is 7.24. The van der Waals surface area contributed by atoms with Crippen molar-refractivity contribution in [2.75, 3.05) is 11.9 Å². The molecule has 1 heterocycles. The highest BCUT2D eigenvalue weighted by Crippen LogP contribution is 2.24. The summed E-state index contributed by atoms with van der Waals surface area (Å²) in [5, 5.41) is 0. The number of likely N-dealkylation sites (N-methyl/N-ethyl adjacent to an activating group) is 1. The first-order chi connectivity index (χ1) is 10.6. The van der Waals surface area contributed by atoms with Crippen LogP contribution in [0.4, 0.5) is 10.1 Å². The molecule has 0 saturated carbocycles. The number of nitrogens with one attached hydrogen (secondary N) is 2. The number of benzene rings is 2. The van der Waals surface area contributed by atoms with Crippen molar-refractivity contribution in [3.63, 3.8) is 0 Å². The molecule has 3 rings (SSSR count). The number of hydrogen-bond donors (Lipinski definition) is 2. The van der Waals surface area contributed by atoms with Crippen LogP contribution in [0, 0.1) is 5.82 Å². The number of rotatable bonds is 3. The summed E-state index contributed by atoms with van der Waals surface area (Å²) in [4.78, 5) is 14.2. The molecule has 5 heteroatoms. The number of halogens is 1. The summed E-state index contributed by atoms with van der Waals surface area (Å²) < 4.78 is 13.0. The summed E-state index contributed by atoms with van der Waals surface area (Å²) in [5.74, 6) is -0.255. The van der Waals surface area contributed by atoms with E-state index in [1.165, 1.54) is 12.1 Å². The first kappa shape index (κ1) is 14.7. The van der Waals surface area contributed by atoms with E-state index in [-0.39, 0.29) is 23.8 Å². The topological polar surface area (TPSA) is 44.4 Å². The smallest absolute Gasteiger partial charge is 0.245 e. The maximum atomic E-state index is 13.0. The molecule has 2 aromatic carbocycles. The predicted molar refractivity (Wildman–Crippen MR) is 83.7 cm³/mol. The van der Waals surface area contributed by atoms with Gasteiger partial charge in [0.05, 0.1) is 0 Å². The lowest BCUT2D eigenvalue weighted by atomic mass is 10.0. The van der Waals surface area contributed by atoms with Gasteiger partial charge in [0.15, 0.2) is 0 Å². The molecule has 0 spiro atoms. The zero-order valence-corrected chi connectivity index (χ0v) is 12.3. The summed E-state index contributed by atoms with van der Waals surface area (Å²) in [6.45, 7) is 0. The van der Waals surface area contributed by atoms with Crippen LogP contribution in [-0.4, -0.2) is 19.0 Å². The number of nitrogens with zero attached hydrogens (tertiary/aromatic N) is 1. The fourth-order valence-corrected chi connectivity index (χ4v) is 2.64. The van der Waals surface area contributed by atoms with Gasteiger partial charge in [0, 0.05) is 18.8 Å². The van der Waals surface area contributed by atoms with E-state index in [1.54, 1.807) is 24.1 Å². The summed E-state index contributed by atoms with van der Waals surface area (Å²) in [7, 11) is 1.77. The summed E-state index contributed by atoms with van der Waals surface area (Å²) in [6.07, 6.45) is 0.627. The molecule has 1 fully saturated rings. The van der Waals surface area contributed by atoms with E-state index >= 15 is 0 Å². The molecule has 1 amide bonds. The minimum Gasteiger partial charge on any atom is -0.314 e. The molecule has 1 aliphatic rings. The molecule has 1 aliphatic heterocycles. The van der Waals surface area contributed by atoms with E-state index in [1.807, 2.05) is 30.3 Å². The van der Waals surface area contributed by atoms with Crippen LogP contribution in [0.1, 0.15) is 18.0 Å². The number of hydrazine groups is 1. The maximum Gasteiger partial charge on any atom is 0.245 e. The van der Waals surface area contributed by atoms with Crippen molar-refractivity contribution < 1.29 is 9.18 Å². The van der Waals surface area contributed by atoms with Crippen molar-refractivity contribution in [2.24, 2.45) is 0 Å². The van der Waals surface area contributed by atoms with E-state index in [9.17, 15) is 9.18 Å². The van der Waals surface area contributed by atoms with Gasteiger partial charge in [-0.1, -0.05) is 30.3 Å². The second-order valence-corrected chi connectivity index (χ2v) is 5.41. The Labute approximate surface area is 128 Å². The SMILES string of the molecule is CN(C(=O)C1CC(c2ccc(F)cc2)NN1)c1ccccc1. The highest BCUT2D eigenvalue weighted by molar-refractivity contribution is 5.96. The molecule has 2 aromatic rings. The van der Waals surface area contributed by atoms with E-state index in [0.717, 1.165) is 11.3 Å². The summed E-state index contributed by atoms with van der Waals surface area (Å²) in [6, 6.07) is 15.6. The van der Waals surface area contributed by atoms with E-state index in [2.05, 4.69) is 10.9 Å². The van der Waals surface area contributed by atoms with Gasteiger partial charge in [-0.2, -0.15) is 0 Å². The molecular formula is C17H18FN3O. The van der Waals surface area contributed by atoms with Crippen molar-refractivity contribution >= 4 is 11.6 Å². The van der Waals surface area contributed by atoms with Gasteiger partial charge in [0.25, 0.3) is 0 Å². The molecule has 114 valence electrons. The standard InChI is InChI=1S/C17H18FN3O/c1-21(14-5-3-2-4-6-14)17(22)16-11-15(19-20-16)12-7-9-13(18)10-8-12/h2-10,15-16,19-20H,11H2,1H3. The predicted octanol–water partition coefficient (Wildman–Crippen LogP) is 2.40.